The molecule has 1 heterocycles. The molecule has 0 saturated carbocycles. The molecule has 1 aromatic rings. The minimum absolute atomic E-state index is 0.101. The first-order valence-electron chi connectivity index (χ1n) is 6.43. The number of furan rings is 1. The predicted octanol–water partition coefficient (Wildman–Crippen LogP) is 3.06. The lowest BCUT2D eigenvalue weighted by molar-refractivity contribution is 0.0980. The van der Waals surface area contributed by atoms with Gasteiger partial charge in [-0.3, -0.25) is 0 Å². The summed E-state index contributed by atoms with van der Waals surface area (Å²) in [5.41, 5.74) is 2.56. The van der Waals surface area contributed by atoms with Crippen molar-refractivity contribution in [3.8, 4) is 0 Å². The standard InChI is InChI=1S/C15H20O2/c1-9-6-10-7-14-11(4-5-17-14)15(2,3)12(10)8-13(9)16/h4-6,10,12-13,16H,7-8H2,1-3H3/t10-,12-,13-/m0/s1. The van der Waals surface area contributed by atoms with Crippen molar-refractivity contribution < 1.29 is 9.52 Å². The van der Waals surface area contributed by atoms with Gasteiger partial charge in [0.1, 0.15) is 5.76 Å². The maximum absolute atomic E-state index is 10.1. The summed E-state index contributed by atoms with van der Waals surface area (Å²) in [5, 5.41) is 10.1. The van der Waals surface area contributed by atoms with E-state index in [1.54, 1.807) is 6.26 Å². The minimum atomic E-state index is -0.260. The molecule has 0 aliphatic heterocycles. The van der Waals surface area contributed by atoms with Crippen LogP contribution in [0, 0.1) is 11.8 Å². The second kappa shape index (κ2) is 3.49. The molecule has 1 N–H and O–H groups in total. The number of rotatable bonds is 0. The molecule has 0 saturated heterocycles. The molecule has 3 atom stereocenters. The molecule has 0 aromatic carbocycles. The van der Waals surface area contributed by atoms with E-state index in [1.807, 2.05) is 6.92 Å². The molecule has 0 bridgehead atoms. The van der Waals surface area contributed by atoms with E-state index in [-0.39, 0.29) is 11.5 Å². The van der Waals surface area contributed by atoms with E-state index in [1.165, 1.54) is 5.56 Å². The highest BCUT2D eigenvalue weighted by molar-refractivity contribution is 5.34. The van der Waals surface area contributed by atoms with Gasteiger partial charge in [0.2, 0.25) is 0 Å². The van der Waals surface area contributed by atoms with Gasteiger partial charge in [-0.25, -0.2) is 0 Å². The summed E-state index contributed by atoms with van der Waals surface area (Å²) in [6.07, 6.45) is 5.66. The van der Waals surface area contributed by atoms with Gasteiger partial charge in [-0.1, -0.05) is 19.9 Å². The number of aliphatic hydroxyl groups excluding tert-OH is 1. The van der Waals surface area contributed by atoms with Gasteiger partial charge in [0, 0.05) is 6.42 Å². The molecule has 0 fully saturated rings. The van der Waals surface area contributed by atoms with E-state index >= 15 is 0 Å². The SMILES string of the molecule is CC1=C[C@H]2Cc3occc3C(C)(C)[C@H]2C[C@@H]1O. The third-order valence-electron chi connectivity index (χ3n) is 4.78. The van der Waals surface area contributed by atoms with Crippen molar-refractivity contribution in [3.63, 3.8) is 0 Å². The van der Waals surface area contributed by atoms with Crippen LogP contribution in [0.2, 0.25) is 0 Å². The van der Waals surface area contributed by atoms with Crippen LogP contribution >= 0.6 is 0 Å². The topological polar surface area (TPSA) is 33.4 Å². The average Bonchev–Trinajstić information content (AvgIpc) is 2.71. The van der Waals surface area contributed by atoms with E-state index in [4.69, 9.17) is 4.42 Å². The summed E-state index contributed by atoms with van der Waals surface area (Å²) in [6, 6.07) is 2.10. The molecular weight excluding hydrogens is 212 g/mol. The average molecular weight is 232 g/mol. The maximum atomic E-state index is 10.1. The third kappa shape index (κ3) is 1.50. The molecule has 92 valence electrons. The summed E-state index contributed by atoms with van der Waals surface area (Å²) < 4.78 is 5.61. The highest BCUT2D eigenvalue weighted by atomic mass is 16.3. The fourth-order valence-electron chi connectivity index (χ4n) is 3.68. The highest BCUT2D eigenvalue weighted by Crippen LogP contribution is 2.49. The molecule has 0 unspecified atom stereocenters. The summed E-state index contributed by atoms with van der Waals surface area (Å²) in [4.78, 5) is 0. The van der Waals surface area contributed by atoms with E-state index in [0.29, 0.717) is 11.8 Å². The Bertz CT molecular complexity index is 467. The fourth-order valence-corrected chi connectivity index (χ4v) is 3.68. The van der Waals surface area contributed by atoms with Crippen LogP contribution in [0.3, 0.4) is 0 Å². The van der Waals surface area contributed by atoms with Crippen molar-refractivity contribution in [2.45, 2.75) is 45.1 Å². The lowest BCUT2D eigenvalue weighted by atomic mass is 9.59. The van der Waals surface area contributed by atoms with Crippen LogP contribution in [0.1, 0.15) is 38.5 Å². The lowest BCUT2D eigenvalue weighted by Crippen LogP contribution is -2.43. The molecule has 0 spiro atoms. The quantitative estimate of drug-likeness (QED) is 0.697. The molecule has 2 aliphatic carbocycles. The summed E-state index contributed by atoms with van der Waals surface area (Å²) in [5.74, 6) is 2.18. The Kier molecular flexibility index (Phi) is 2.27. The number of hydrogen-bond acceptors (Lipinski definition) is 2. The van der Waals surface area contributed by atoms with Gasteiger partial charge in [-0.05, 0) is 47.8 Å². The van der Waals surface area contributed by atoms with Gasteiger partial charge in [-0.15, -0.1) is 0 Å². The smallest absolute Gasteiger partial charge is 0.108 e. The third-order valence-corrected chi connectivity index (χ3v) is 4.78. The van der Waals surface area contributed by atoms with Crippen LogP contribution in [0.4, 0.5) is 0 Å². The molecule has 1 aromatic heterocycles. The normalized spacial score (nSPS) is 34.8. The van der Waals surface area contributed by atoms with E-state index in [9.17, 15) is 5.11 Å². The first-order chi connectivity index (χ1) is 8.00. The van der Waals surface area contributed by atoms with Crippen molar-refractivity contribution in [1.82, 2.24) is 0 Å². The Morgan fingerprint density at radius 2 is 2.18 bits per heavy atom. The monoisotopic (exact) mass is 232 g/mol. The summed E-state index contributed by atoms with van der Waals surface area (Å²) >= 11 is 0. The van der Waals surface area contributed by atoms with Gasteiger partial charge in [0.15, 0.2) is 0 Å². The van der Waals surface area contributed by atoms with Gasteiger partial charge in [0.05, 0.1) is 12.4 Å². The summed E-state index contributed by atoms with van der Waals surface area (Å²) in [7, 11) is 0. The fraction of sp³-hybridized carbons (Fsp3) is 0.600. The van der Waals surface area contributed by atoms with E-state index in [2.05, 4.69) is 26.0 Å². The Hall–Kier alpha value is -1.02. The van der Waals surface area contributed by atoms with Crippen LogP contribution in [0.5, 0.6) is 0 Å². The molecule has 2 heteroatoms. The zero-order valence-corrected chi connectivity index (χ0v) is 10.7. The molecule has 0 radical (unpaired) electrons. The molecule has 3 rings (SSSR count). The zero-order valence-electron chi connectivity index (χ0n) is 10.7. The number of aliphatic hydroxyl groups is 1. The number of allylic oxidation sites excluding steroid dienone is 1. The Balaban J connectivity index is 2.07. The molecule has 2 nitrogen and oxygen atoms in total. The number of hydrogen-bond donors (Lipinski definition) is 1. The van der Waals surface area contributed by atoms with Crippen molar-refractivity contribution in [2.24, 2.45) is 11.8 Å². The largest absolute Gasteiger partial charge is 0.469 e. The van der Waals surface area contributed by atoms with Crippen LogP contribution in [-0.4, -0.2) is 11.2 Å². The van der Waals surface area contributed by atoms with Crippen LogP contribution < -0.4 is 0 Å². The Labute approximate surface area is 102 Å². The maximum Gasteiger partial charge on any atom is 0.108 e. The predicted molar refractivity (Wildman–Crippen MR) is 66.8 cm³/mol. The van der Waals surface area contributed by atoms with Crippen LogP contribution in [0.25, 0.3) is 0 Å². The summed E-state index contributed by atoms with van der Waals surface area (Å²) in [6.45, 7) is 6.59. The van der Waals surface area contributed by atoms with Crippen molar-refractivity contribution in [2.75, 3.05) is 0 Å². The van der Waals surface area contributed by atoms with Crippen molar-refractivity contribution >= 4 is 0 Å². The zero-order chi connectivity index (χ0) is 12.2. The van der Waals surface area contributed by atoms with E-state index < -0.39 is 0 Å². The minimum Gasteiger partial charge on any atom is -0.469 e. The Morgan fingerprint density at radius 1 is 1.41 bits per heavy atom. The molecule has 0 amide bonds. The van der Waals surface area contributed by atoms with Crippen LogP contribution in [0.15, 0.2) is 28.4 Å². The molecule has 17 heavy (non-hydrogen) atoms. The Morgan fingerprint density at radius 3 is 2.94 bits per heavy atom. The first kappa shape index (κ1) is 11.1. The number of fused-ring (bicyclic) bond motifs is 2. The van der Waals surface area contributed by atoms with E-state index in [0.717, 1.165) is 24.2 Å². The van der Waals surface area contributed by atoms with Crippen molar-refractivity contribution in [1.29, 1.82) is 0 Å². The highest BCUT2D eigenvalue weighted by Gasteiger charge is 2.45. The second-order valence-corrected chi connectivity index (χ2v) is 6.12. The molecule has 2 aliphatic rings. The van der Waals surface area contributed by atoms with Gasteiger partial charge in [-0.2, -0.15) is 0 Å². The first-order valence-corrected chi connectivity index (χ1v) is 6.43. The van der Waals surface area contributed by atoms with Crippen LogP contribution in [-0.2, 0) is 11.8 Å². The van der Waals surface area contributed by atoms with Gasteiger partial charge < -0.3 is 9.52 Å². The van der Waals surface area contributed by atoms with Crippen molar-refractivity contribution in [3.05, 3.63) is 35.3 Å². The second-order valence-electron chi connectivity index (χ2n) is 6.12. The van der Waals surface area contributed by atoms with Gasteiger partial charge in [0.25, 0.3) is 0 Å². The molecular formula is C15H20O2. The lowest BCUT2D eigenvalue weighted by Gasteiger charge is -2.46. The van der Waals surface area contributed by atoms with Gasteiger partial charge >= 0.3 is 0 Å².